The Morgan fingerprint density at radius 2 is 1.87 bits per heavy atom. The van der Waals surface area contributed by atoms with Gasteiger partial charge in [-0.1, -0.05) is 30.3 Å². The number of aliphatic hydroxyl groups is 1. The molecule has 0 bridgehead atoms. The van der Waals surface area contributed by atoms with Crippen molar-refractivity contribution in [1.29, 1.82) is 0 Å². The van der Waals surface area contributed by atoms with Crippen LogP contribution in [0.25, 0.3) is 0 Å². The van der Waals surface area contributed by atoms with Crippen molar-refractivity contribution in [2.45, 2.75) is 12.1 Å². The normalized spacial score (nSPS) is 14.9. The molecule has 0 aliphatic rings. The van der Waals surface area contributed by atoms with Crippen LogP contribution in [0, 0.1) is 0 Å². The molecule has 1 aromatic carbocycles. The summed E-state index contributed by atoms with van der Waals surface area (Å²) in [7, 11) is 1.19. The van der Waals surface area contributed by atoms with E-state index in [1.807, 2.05) is 0 Å². The first kappa shape index (κ1) is 11.7. The molecule has 3 N–H and O–H groups in total. The lowest BCUT2D eigenvalue weighted by Gasteiger charge is -2.24. The number of hydrogen-bond acceptors (Lipinski definition) is 4. The summed E-state index contributed by atoms with van der Waals surface area (Å²) < 4.78 is 0. The van der Waals surface area contributed by atoms with E-state index in [9.17, 15) is 9.90 Å². The van der Waals surface area contributed by atoms with Crippen LogP contribution in [0.15, 0.2) is 30.3 Å². The summed E-state index contributed by atoms with van der Waals surface area (Å²) in [5, 5.41) is 27.7. The molecule has 6 heteroatoms. The number of benzene rings is 1. The predicted octanol–water partition coefficient (Wildman–Crippen LogP) is -0.588. The second-order valence-corrected chi connectivity index (χ2v) is 3.21. The molecule has 0 saturated carbocycles. The van der Waals surface area contributed by atoms with Gasteiger partial charge in [0.05, 0.1) is 0 Å². The monoisotopic (exact) mass is 209 g/mol. The molecule has 1 rings (SSSR count). The number of nitrogens with zero attached hydrogens (tertiary/aromatic N) is 1. The van der Waals surface area contributed by atoms with Crippen molar-refractivity contribution < 1.29 is 20.2 Å². The zero-order valence-corrected chi connectivity index (χ0v) is 8.24. The number of carbonyl (C=O) groups is 1. The highest BCUT2D eigenvalue weighted by Gasteiger charge is 2.30. The second kappa shape index (κ2) is 4.93. The van der Waals surface area contributed by atoms with Gasteiger partial charge in [-0.15, -0.1) is 0 Å². The molecule has 1 unspecified atom stereocenters. The average molecular weight is 209 g/mol. The Morgan fingerprint density at radius 1 is 1.33 bits per heavy atom. The van der Waals surface area contributed by atoms with Crippen molar-refractivity contribution in [3.8, 4) is 0 Å². The van der Waals surface area contributed by atoms with Crippen LogP contribution in [0.1, 0.15) is 11.7 Å². The third kappa shape index (κ3) is 2.79. The fourth-order valence-electron chi connectivity index (χ4n) is 1.33. The number of carboxylic acids is 1. The first-order chi connectivity index (χ1) is 7.04. The van der Waals surface area contributed by atoms with Crippen LogP contribution in [-0.4, -0.2) is 40.4 Å². The van der Waals surface area contributed by atoms with Crippen LogP contribution < -0.4 is 0 Å². The summed E-state index contributed by atoms with van der Waals surface area (Å²) in [6.07, 6.45) is -1.27. The lowest BCUT2D eigenvalue weighted by molar-refractivity contribution is -0.160. The Bertz CT molecular complexity index is 330. The maximum absolute atomic E-state index is 10.8. The molecule has 1 aromatic rings. The maximum atomic E-state index is 10.8. The molecule has 15 heavy (non-hydrogen) atoms. The van der Waals surface area contributed by atoms with Gasteiger partial charge in [0.15, 0.2) is 0 Å². The number of carboxylic acid groups (broad SMARTS) is 1. The zero-order chi connectivity index (χ0) is 11.4. The van der Waals surface area contributed by atoms with Gasteiger partial charge in [0.1, 0.15) is 12.1 Å². The highest BCUT2D eigenvalue weighted by atomic mass is 16.5. The smallest absolute Gasteiger partial charge is 0.325 e. The number of hydroxylamine groups is 1. The van der Waals surface area contributed by atoms with Gasteiger partial charge in [-0.2, -0.15) is 0 Å². The van der Waals surface area contributed by atoms with Gasteiger partial charge in [-0.3, -0.25) is 4.79 Å². The van der Waals surface area contributed by atoms with Gasteiger partial charge in [0, 0.05) is 0 Å². The minimum atomic E-state index is -1.37. The van der Waals surface area contributed by atoms with E-state index < -0.39 is 18.1 Å². The van der Waals surface area contributed by atoms with Crippen LogP contribution in [0.3, 0.4) is 0 Å². The molecule has 0 heterocycles. The summed E-state index contributed by atoms with van der Waals surface area (Å²) in [6.45, 7) is 0. The molecule has 0 amide bonds. The van der Waals surface area contributed by atoms with Crippen molar-refractivity contribution in [3.05, 3.63) is 35.9 Å². The second-order valence-electron chi connectivity index (χ2n) is 3.21. The molecule has 80 valence electrons. The molecule has 5 nitrogen and oxygen atoms in total. The van der Waals surface area contributed by atoms with Crippen molar-refractivity contribution in [2.75, 3.05) is 0 Å². The van der Waals surface area contributed by atoms with Gasteiger partial charge in [-0.05, 0) is 5.56 Å². The lowest BCUT2D eigenvalue weighted by Crippen LogP contribution is -2.42. The molecule has 0 radical (unpaired) electrons. The summed E-state index contributed by atoms with van der Waals surface area (Å²) in [5.41, 5.74) is 0.450. The third-order valence-electron chi connectivity index (χ3n) is 2.10. The molecule has 0 aliphatic carbocycles. The van der Waals surface area contributed by atoms with E-state index in [1.54, 1.807) is 30.3 Å². The fraction of sp³-hybridized carbons (Fsp3) is 0.222. The summed E-state index contributed by atoms with van der Waals surface area (Å²) in [5.74, 6) is -1.28. The maximum Gasteiger partial charge on any atom is 0.325 e. The molecule has 0 saturated heterocycles. The van der Waals surface area contributed by atoms with Gasteiger partial charge in [0.25, 0.3) is 0 Å². The van der Waals surface area contributed by atoms with Crippen molar-refractivity contribution in [1.82, 2.24) is 4.97 Å². The molecule has 2 atom stereocenters. The Morgan fingerprint density at radius 3 is 2.27 bits per heavy atom. The topological polar surface area (TPSA) is 81.0 Å². The zero-order valence-electron chi connectivity index (χ0n) is 8.24. The molecular weight excluding hydrogens is 197 g/mol. The van der Waals surface area contributed by atoms with E-state index in [0.29, 0.717) is 10.5 Å². The van der Waals surface area contributed by atoms with E-state index >= 15 is 0 Å². The molecular formula is C9H12BNO4. The highest BCUT2D eigenvalue weighted by Crippen LogP contribution is 2.19. The molecule has 0 aromatic heterocycles. The first-order valence-corrected chi connectivity index (χ1v) is 4.41. The lowest BCUT2D eigenvalue weighted by atomic mass is 10.0. The van der Waals surface area contributed by atoms with Gasteiger partial charge >= 0.3 is 5.97 Å². The Hall–Kier alpha value is -1.37. The standard InChI is InChI=1S/C9H12BNO4/c10-11(15)7(9(13)14)8(12)6-4-2-1-3-5-6/h1-5,7-8,12,15H,10H2,(H,13,14)/t7-,8?/m0/s1. The van der Waals surface area contributed by atoms with Gasteiger partial charge in [-0.25, -0.2) is 4.97 Å². The SMILES string of the molecule is BN(O)[C@H](C(=O)O)C(O)c1ccccc1. The number of hydrogen-bond donors (Lipinski definition) is 3. The van der Waals surface area contributed by atoms with Crippen LogP contribution in [0.2, 0.25) is 0 Å². The summed E-state index contributed by atoms with van der Waals surface area (Å²) in [6, 6.07) is 6.97. The summed E-state index contributed by atoms with van der Waals surface area (Å²) >= 11 is 0. The van der Waals surface area contributed by atoms with Crippen LogP contribution in [0.5, 0.6) is 0 Å². The van der Waals surface area contributed by atoms with Gasteiger partial charge in [0.2, 0.25) is 7.98 Å². The molecule has 0 spiro atoms. The fourth-order valence-corrected chi connectivity index (χ4v) is 1.33. The van der Waals surface area contributed by atoms with E-state index in [4.69, 9.17) is 10.3 Å². The van der Waals surface area contributed by atoms with E-state index in [1.165, 1.54) is 7.98 Å². The molecule has 0 aliphatic heterocycles. The first-order valence-electron chi connectivity index (χ1n) is 4.41. The van der Waals surface area contributed by atoms with Crippen LogP contribution >= 0.6 is 0 Å². The van der Waals surface area contributed by atoms with Crippen molar-refractivity contribution >= 4 is 14.0 Å². The highest BCUT2D eigenvalue weighted by molar-refractivity contribution is 6.05. The van der Waals surface area contributed by atoms with E-state index in [2.05, 4.69) is 0 Å². The summed E-state index contributed by atoms with van der Waals surface area (Å²) in [4.78, 5) is 11.3. The van der Waals surface area contributed by atoms with E-state index in [0.717, 1.165) is 0 Å². The van der Waals surface area contributed by atoms with E-state index in [-0.39, 0.29) is 0 Å². The predicted molar refractivity (Wildman–Crippen MR) is 55.0 cm³/mol. The number of rotatable bonds is 4. The van der Waals surface area contributed by atoms with Gasteiger partial charge < -0.3 is 15.4 Å². The average Bonchev–Trinajstić information content (AvgIpc) is 2.18. The quantitative estimate of drug-likeness (QED) is 0.456. The van der Waals surface area contributed by atoms with Crippen LogP contribution in [-0.2, 0) is 4.79 Å². The van der Waals surface area contributed by atoms with Crippen molar-refractivity contribution in [3.63, 3.8) is 0 Å². The minimum absolute atomic E-state index is 0.450. The Labute approximate surface area is 88.0 Å². The van der Waals surface area contributed by atoms with Crippen molar-refractivity contribution in [2.24, 2.45) is 0 Å². The Kier molecular flexibility index (Phi) is 3.84. The largest absolute Gasteiger partial charge is 0.480 e. The van der Waals surface area contributed by atoms with Crippen LogP contribution in [0.4, 0.5) is 0 Å². The number of aliphatic hydroxyl groups excluding tert-OH is 1. The number of aliphatic carboxylic acids is 1. The molecule has 0 fully saturated rings. The Balaban J connectivity index is 2.91. The minimum Gasteiger partial charge on any atom is -0.480 e. The third-order valence-corrected chi connectivity index (χ3v) is 2.10.